The highest BCUT2D eigenvalue weighted by molar-refractivity contribution is 7.93. The van der Waals surface area contributed by atoms with E-state index < -0.39 is 31.8 Å². The Morgan fingerprint density at radius 2 is 1.91 bits per heavy atom. The van der Waals surface area contributed by atoms with Crippen LogP contribution in [-0.4, -0.2) is 35.6 Å². The van der Waals surface area contributed by atoms with Crippen LogP contribution >= 0.6 is 23.2 Å². The molecule has 1 saturated carbocycles. The fraction of sp³-hybridized carbons (Fsp3) is 0.381. The van der Waals surface area contributed by atoms with Crippen LogP contribution in [0.4, 0.5) is 10.1 Å². The van der Waals surface area contributed by atoms with E-state index in [2.05, 4.69) is 15.3 Å². The highest BCUT2D eigenvalue weighted by Gasteiger charge is 2.56. The second-order valence-corrected chi connectivity index (χ2v) is 11.5. The first kappa shape index (κ1) is 22.9. The number of nitrogens with two attached hydrogens (primary N) is 1. The highest BCUT2D eigenvalue weighted by atomic mass is 35.5. The molecule has 0 saturated heterocycles. The number of rotatable bonds is 3. The molecule has 1 unspecified atom stereocenters. The van der Waals surface area contributed by atoms with Gasteiger partial charge in [0.15, 0.2) is 9.84 Å². The van der Waals surface area contributed by atoms with Gasteiger partial charge in [0, 0.05) is 17.4 Å². The summed E-state index contributed by atoms with van der Waals surface area (Å²) in [5.41, 5.74) is 4.94. The number of pyridine rings is 1. The van der Waals surface area contributed by atoms with Crippen LogP contribution in [0.15, 0.2) is 35.5 Å². The molecule has 4 rings (SSSR count). The molecule has 170 valence electrons. The molecule has 1 atom stereocenters. The summed E-state index contributed by atoms with van der Waals surface area (Å²) in [7, 11) is -3.68. The van der Waals surface area contributed by atoms with Gasteiger partial charge in [0.1, 0.15) is 27.6 Å². The van der Waals surface area contributed by atoms with E-state index in [1.165, 1.54) is 31.3 Å². The molecule has 1 spiro atoms. The number of amides is 1. The van der Waals surface area contributed by atoms with Crippen LogP contribution in [-0.2, 0) is 15.4 Å². The number of hydrogen-bond donors (Lipinski definition) is 2. The number of aliphatic imine (C=N–C) groups is 1. The molecule has 32 heavy (non-hydrogen) atoms. The third kappa shape index (κ3) is 3.76. The van der Waals surface area contributed by atoms with Crippen LogP contribution in [0.2, 0.25) is 10.0 Å². The summed E-state index contributed by atoms with van der Waals surface area (Å²) in [6, 6.07) is 5.24. The Morgan fingerprint density at radius 1 is 1.22 bits per heavy atom. The van der Waals surface area contributed by atoms with E-state index in [0.717, 1.165) is 18.9 Å². The van der Waals surface area contributed by atoms with E-state index in [1.54, 1.807) is 0 Å². The molecule has 1 aromatic heterocycles. The van der Waals surface area contributed by atoms with Crippen molar-refractivity contribution in [1.29, 1.82) is 0 Å². The van der Waals surface area contributed by atoms with Crippen molar-refractivity contribution in [3.05, 3.63) is 57.6 Å². The van der Waals surface area contributed by atoms with E-state index in [4.69, 9.17) is 28.9 Å². The van der Waals surface area contributed by atoms with Gasteiger partial charge in [-0.3, -0.25) is 9.79 Å². The summed E-state index contributed by atoms with van der Waals surface area (Å²) >= 11 is 11.8. The fourth-order valence-corrected chi connectivity index (χ4v) is 7.48. The number of nitrogens with one attached hydrogen (secondary N) is 1. The molecule has 0 bridgehead atoms. The zero-order valence-electron chi connectivity index (χ0n) is 17.2. The predicted molar refractivity (Wildman–Crippen MR) is 123 cm³/mol. The molecule has 1 aromatic carbocycles. The maximum absolute atomic E-state index is 14.9. The van der Waals surface area contributed by atoms with Crippen molar-refractivity contribution < 1.29 is 17.6 Å². The van der Waals surface area contributed by atoms with Crippen molar-refractivity contribution in [1.82, 2.24) is 4.98 Å². The maximum atomic E-state index is 14.9. The zero-order chi connectivity index (χ0) is 23.3. The average Bonchev–Trinajstić information content (AvgIpc) is 3.19. The van der Waals surface area contributed by atoms with Gasteiger partial charge in [-0.2, -0.15) is 0 Å². The topological polar surface area (TPSA) is 115 Å². The minimum atomic E-state index is -3.68. The van der Waals surface area contributed by atoms with E-state index in [9.17, 15) is 17.6 Å². The molecule has 1 fully saturated rings. The maximum Gasteiger partial charge on any atom is 0.275 e. The Labute approximate surface area is 195 Å². The smallest absolute Gasteiger partial charge is 0.275 e. The second-order valence-electron chi connectivity index (χ2n) is 8.36. The number of anilines is 1. The lowest BCUT2D eigenvalue weighted by molar-refractivity contribution is 0.102. The molecule has 7 nitrogen and oxygen atoms in total. The molecule has 0 radical (unpaired) electrons. The summed E-state index contributed by atoms with van der Waals surface area (Å²) < 4.78 is 40.2. The van der Waals surface area contributed by atoms with Crippen molar-refractivity contribution >= 4 is 50.5 Å². The fourth-order valence-electron chi connectivity index (χ4n) is 4.51. The largest absolute Gasteiger partial charge is 0.386 e. The first-order chi connectivity index (χ1) is 15.0. The van der Waals surface area contributed by atoms with Crippen LogP contribution in [0.25, 0.3) is 0 Å². The number of aromatic nitrogens is 1. The molecule has 1 aliphatic heterocycles. The molecular weight excluding hydrogens is 478 g/mol. The summed E-state index contributed by atoms with van der Waals surface area (Å²) in [5.74, 6) is -1.63. The van der Waals surface area contributed by atoms with Gasteiger partial charge in [0.25, 0.3) is 5.91 Å². The molecule has 1 aliphatic carbocycles. The van der Waals surface area contributed by atoms with Gasteiger partial charge in [-0.1, -0.05) is 36.0 Å². The molecule has 11 heteroatoms. The Kier molecular flexibility index (Phi) is 5.71. The molecule has 2 aromatic rings. The first-order valence-electron chi connectivity index (χ1n) is 9.98. The quantitative estimate of drug-likeness (QED) is 0.660. The molecular formula is C21H21Cl2FN4O3S. The monoisotopic (exact) mass is 498 g/mol. The van der Waals surface area contributed by atoms with Crippen molar-refractivity contribution in [2.45, 2.75) is 42.9 Å². The zero-order valence-corrected chi connectivity index (χ0v) is 19.5. The van der Waals surface area contributed by atoms with Gasteiger partial charge in [-0.25, -0.2) is 17.8 Å². The second kappa shape index (κ2) is 7.97. The van der Waals surface area contributed by atoms with Gasteiger partial charge in [-0.15, -0.1) is 0 Å². The van der Waals surface area contributed by atoms with Crippen molar-refractivity contribution in [2.75, 3.05) is 11.1 Å². The lowest BCUT2D eigenvalue weighted by Crippen LogP contribution is -2.56. The average molecular weight is 499 g/mol. The lowest BCUT2D eigenvalue weighted by Gasteiger charge is -2.39. The summed E-state index contributed by atoms with van der Waals surface area (Å²) in [4.78, 5) is 21.0. The highest BCUT2D eigenvalue weighted by Crippen LogP contribution is 2.45. The number of hydrogen-bond acceptors (Lipinski definition) is 6. The number of amidine groups is 1. The Bertz CT molecular complexity index is 1250. The van der Waals surface area contributed by atoms with Gasteiger partial charge in [0.05, 0.1) is 15.8 Å². The molecule has 2 aliphatic rings. The third-order valence-electron chi connectivity index (χ3n) is 6.14. The van der Waals surface area contributed by atoms with Crippen LogP contribution < -0.4 is 11.1 Å². The number of sulfone groups is 1. The summed E-state index contributed by atoms with van der Waals surface area (Å²) in [6.07, 6.45) is 3.64. The Morgan fingerprint density at radius 3 is 2.53 bits per heavy atom. The van der Waals surface area contributed by atoms with E-state index in [0.29, 0.717) is 12.8 Å². The Hall–Kier alpha value is -2.23. The molecule has 3 N–H and O–H groups in total. The van der Waals surface area contributed by atoms with Gasteiger partial charge < -0.3 is 11.1 Å². The van der Waals surface area contributed by atoms with Crippen LogP contribution in [0.3, 0.4) is 0 Å². The SMILES string of the molecule is CC1(c2cc(NC(=O)c3ncc(Cl)cc3Cl)ccc2F)CS(=O)(=O)C2(CCCC2)C(N)=N1. The van der Waals surface area contributed by atoms with Gasteiger partial charge >= 0.3 is 0 Å². The molecule has 1 amide bonds. The lowest BCUT2D eigenvalue weighted by atomic mass is 9.92. The third-order valence-corrected chi connectivity index (χ3v) is 9.38. The van der Waals surface area contributed by atoms with E-state index in [-0.39, 0.29) is 38.6 Å². The number of benzene rings is 1. The van der Waals surface area contributed by atoms with Crippen LogP contribution in [0.5, 0.6) is 0 Å². The number of carbonyl (C=O) groups is 1. The van der Waals surface area contributed by atoms with E-state index in [1.807, 2.05) is 0 Å². The van der Waals surface area contributed by atoms with Gasteiger partial charge in [0.2, 0.25) is 0 Å². The number of carbonyl (C=O) groups excluding carboxylic acids is 1. The van der Waals surface area contributed by atoms with Crippen molar-refractivity contribution in [2.24, 2.45) is 10.7 Å². The van der Waals surface area contributed by atoms with Crippen LogP contribution in [0.1, 0.15) is 48.7 Å². The summed E-state index contributed by atoms with van der Waals surface area (Å²) in [6.45, 7) is 1.53. The van der Waals surface area contributed by atoms with Crippen molar-refractivity contribution in [3.8, 4) is 0 Å². The van der Waals surface area contributed by atoms with Crippen LogP contribution in [0, 0.1) is 5.82 Å². The number of halogens is 3. The molecule has 2 heterocycles. The standard InChI is InChI=1S/C21H21Cl2FN4O3S/c1-20(11-32(30,31)21(19(25)28-20)6-2-3-7-21)14-9-13(4-5-16(14)24)27-18(29)17-15(23)8-12(22)10-26-17/h4-5,8-10H,2-3,6-7,11H2,1H3,(H2,25,28)(H,27,29). The Balaban J connectivity index is 1.70. The predicted octanol–water partition coefficient (Wildman–Crippen LogP) is 4.09. The number of nitrogens with zero attached hydrogens (tertiary/aromatic N) is 2. The summed E-state index contributed by atoms with van der Waals surface area (Å²) in [5, 5.41) is 2.93. The minimum absolute atomic E-state index is 0.0184. The normalized spacial score (nSPS) is 23.7. The van der Waals surface area contributed by atoms with E-state index >= 15 is 0 Å². The van der Waals surface area contributed by atoms with Gasteiger partial charge in [-0.05, 0) is 44.0 Å². The minimum Gasteiger partial charge on any atom is -0.386 e. The first-order valence-corrected chi connectivity index (χ1v) is 12.4. The van der Waals surface area contributed by atoms with Crippen molar-refractivity contribution in [3.63, 3.8) is 0 Å².